The van der Waals surface area contributed by atoms with Gasteiger partial charge in [0.05, 0.1) is 0 Å². The van der Waals surface area contributed by atoms with E-state index in [2.05, 4.69) is 40.2 Å². The van der Waals surface area contributed by atoms with Crippen molar-refractivity contribution in [3.8, 4) is 0 Å². The van der Waals surface area contributed by atoms with E-state index in [1.54, 1.807) is 0 Å². The molecule has 0 saturated heterocycles. The summed E-state index contributed by atoms with van der Waals surface area (Å²) >= 11 is 1.37. The summed E-state index contributed by atoms with van der Waals surface area (Å²) < 4.78 is 4.00. The van der Waals surface area contributed by atoms with Gasteiger partial charge in [-0.3, -0.25) is 0 Å². The second-order valence-electron chi connectivity index (χ2n) is 3.73. The van der Waals surface area contributed by atoms with Crippen molar-refractivity contribution in [2.24, 2.45) is 0 Å². The Morgan fingerprint density at radius 1 is 1.27 bits per heavy atom. The van der Waals surface area contributed by atoms with Gasteiger partial charge in [-0.05, 0) is 20.5 Å². The van der Waals surface area contributed by atoms with Crippen molar-refractivity contribution in [3.05, 3.63) is 0 Å². The summed E-state index contributed by atoms with van der Waals surface area (Å²) in [5.74, 6) is 0.376. The maximum absolute atomic E-state index is 5.52. The lowest BCUT2D eigenvalue weighted by molar-refractivity contribution is 0.413. The SMILES string of the molecule is CCCN(CCN(C)C)c1nc(N)ns1. The number of hydrogen-bond acceptors (Lipinski definition) is 6. The Bertz CT molecular complexity index is 286. The number of nitrogen functional groups attached to an aromatic ring is 1. The van der Waals surface area contributed by atoms with Crippen LogP contribution in [-0.4, -0.2) is 48.0 Å². The average Bonchev–Trinajstić information content (AvgIpc) is 2.59. The van der Waals surface area contributed by atoms with Crippen molar-refractivity contribution < 1.29 is 0 Å². The molecule has 0 spiro atoms. The molecule has 1 aromatic rings. The minimum absolute atomic E-state index is 0.376. The third-order valence-electron chi connectivity index (χ3n) is 2.01. The van der Waals surface area contributed by atoms with Gasteiger partial charge >= 0.3 is 0 Å². The normalized spacial score (nSPS) is 10.9. The van der Waals surface area contributed by atoms with E-state index in [0.29, 0.717) is 5.95 Å². The maximum Gasteiger partial charge on any atom is 0.233 e. The first-order chi connectivity index (χ1) is 7.13. The highest BCUT2D eigenvalue weighted by molar-refractivity contribution is 7.09. The first-order valence-electron chi connectivity index (χ1n) is 5.12. The lowest BCUT2D eigenvalue weighted by Gasteiger charge is -2.22. The molecule has 0 bridgehead atoms. The zero-order valence-electron chi connectivity index (χ0n) is 9.60. The number of nitrogens with zero attached hydrogens (tertiary/aromatic N) is 4. The average molecular weight is 229 g/mol. The monoisotopic (exact) mass is 229 g/mol. The second-order valence-corrected chi connectivity index (χ2v) is 4.46. The molecule has 1 heterocycles. The van der Waals surface area contributed by atoms with Crippen LogP contribution in [0.1, 0.15) is 13.3 Å². The lowest BCUT2D eigenvalue weighted by atomic mass is 10.4. The second kappa shape index (κ2) is 5.87. The Labute approximate surface area is 95.1 Å². The van der Waals surface area contributed by atoms with Gasteiger partial charge in [0, 0.05) is 31.2 Å². The number of anilines is 2. The summed E-state index contributed by atoms with van der Waals surface area (Å²) in [6.45, 7) is 5.14. The molecule has 6 heteroatoms. The summed E-state index contributed by atoms with van der Waals surface area (Å²) in [5.41, 5.74) is 5.52. The van der Waals surface area contributed by atoms with E-state index in [1.807, 2.05) is 0 Å². The standard InChI is InChI=1S/C9H19N5S/c1-4-5-14(7-6-13(2)3)9-11-8(10)12-15-9/h4-7H2,1-3H3,(H2,10,12). The van der Waals surface area contributed by atoms with Gasteiger partial charge in [0.15, 0.2) is 0 Å². The number of rotatable bonds is 6. The van der Waals surface area contributed by atoms with Gasteiger partial charge in [-0.2, -0.15) is 9.36 Å². The zero-order valence-corrected chi connectivity index (χ0v) is 10.4. The van der Waals surface area contributed by atoms with E-state index < -0.39 is 0 Å². The number of aromatic nitrogens is 2. The van der Waals surface area contributed by atoms with Crippen LogP contribution < -0.4 is 10.6 Å². The number of hydrogen-bond donors (Lipinski definition) is 1. The smallest absolute Gasteiger partial charge is 0.233 e. The lowest BCUT2D eigenvalue weighted by Crippen LogP contribution is -2.32. The summed E-state index contributed by atoms with van der Waals surface area (Å²) in [6.07, 6.45) is 1.10. The fourth-order valence-electron chi connectivity index (χ4n) is 1.25. The van der Waals surface area contributed by atoms with Crippen molar-refractivity contribution in [2.75, 3.05) is 44.4 Å². The molecule has 0 radical (unpaired) electrons. The summed E-state index contributed by atoms with van der Waals surface area (Å²) in [5, 5.41) is 0.927. The van der Waals surface area contributed by atoms with Gasteiger partial charge in [-0.1, -0.05) is 6.92 Å². The predicted molar refractivity (Wildman–Crippen MR) is 65.4 cm³/mol. The van der Waals surface area contributed by atoms with Crippen molar-refractivity contribution in [3.63, 3.8) is 0 Å². The third-order valence-corrected chi connectivity index (χ3v) is 2.80. The van der Waals surface area contributed by atoms with Crippen molar-refractivity contribution in [1.29, 1.82) is 0 Å². The number of likely N-dealkylation sites (N-methyl/N-ethyl adjacent to an activating group) is 1. The molecule has 86 valence electrons. The van der Waals surface area contributed by atoms with Crippen LogP contribution in [0.25, 0.3) is 0 Å². The minimum atomic E-state index is 0.376. The highest BCUT2D eigenvalue weighted by atomic mass is 32.1. The van der Waals surface area contributed by atoms with Crippen LogP contribution in [0, 0.1) is 0 Å². The van der Waals surface area contributed by atoms with Crippen LogP contribution in [0.2, 0.25) is 0 Å². The van der Waals surface area contributed by atoms with Crippen LogP contribution >= 0.6 is 11.5 Å². The zero-order chi connectivity index (χ0) is 11.3. The fourth-order valence-corrected chi connectivity index (χ4v) is 1.90. The van der Waals surface area contributed by atoms with Gasteiger partial charge in [0.1, 0.15) is 0 Å². The Kier molecular flexibility index (Phi) is 4.77. The molecule has 0 saturated carbocycles. The van der Waals surface area contributed by atoms with Crippen LogP contribution in [0.4, 0.5) is 11.1 Å². The number of nitrogens with two attached hydrogens (primary N) is 1. The Balaban J connectivity index is 2.57. The maximum atomic E-state index is 5.52. The van der Waals surface area contributed by atoms with Gasteiger partial charge in [0.25, 0.3) is 0 Å². The van der Waals surface area contributed by atoms with E-state index >= 15 is 0 Å². The van der Waals surface area contributed by atoms with Crippen LogP contribution in [0.5, 0.6) is 0 Å². The molecule has 2 N–H and O–H groups in total. The molecule has 0 atom stereocenters. The third kappa shape index (κ3) is 4.01. The molecular weight excluding hydrogens is 210 g/mol. The van der Waals surface area contributed by atoms with E-state index in [4.69, 9.17) is 5.73 Å². The largest absolute Gasteiger partial charge is 0.367 e. The summed E-state index contributed by atoms with van der Waals surface area (Å²) in [4.78, 5) is 8.59. The first-order valence-corrected chi connectivity index (χ1v) is 5.89. The van der Waals surface area contributed by atoms with E-state index in [9.17, 15) is 0 Å². The molecule has 1 rings (SSSR count). The Morgan fingerprint density at radius 2 is 2.00 bits per heavy atom. The van der Waals surface area contributed by atoms with Gasteiger partial charge < -0.3 is 15.5 Å². The molecule has 0 amide bonds. The first kappa shape index (κ1) is 12.2. The molecule has 0 aromatic carbocycles. The van der Waals surface area contributed by atoms with Crippen molar-refractivity contribution in [2.45, 2.75) is 13.3 Å². The molecule has 0 fully saturated rings. The van der Waals surface area contributed by atoms with Gasteiger partial charge in [-0.15, -0.1) is 0 Å². The minimum Gasteiger partial charge on any atom is -0.367 e. The summed E-state index contributed by atoms with van der Waals surface area (Å²) in [6, 6.07) is 0. The molecule has 5 nitrogen and oxygen atoms in total. The van der Waals surface area contributed by atoms with Crippen molar-refractivity contribution >= 4 is 22.6 Å². The van der Waals surface area contributed by atoms with Crippen molar-refractivity contribution in [1.82, 2.24) is 14.3 Å². The van der Waals surface area contributed by atoms with E-state index in [-0.39, 0.29) is 0 Å². The molecule has 0 unspecified atom stereocenters. The fraction of sp³-hybridized carbons (Fsp3) is 0.778. The van der Waals surface area contributed by atoms with Crippen LogP contribution in [-0.2, 0) is 0 Å². The molecule has 0 aliphatic rings. The highest BCUT2D eigenvalue weighted by Gasteiger charge is 2.10. The molecular formula is C9H19N5S. The summed E-state index contributed by atoms with van der Waals surface area (Å²) in [7, 11) is 4.14. The van der Waals surface area contributed by atoms with E-state index in [1.165, 1.54) is 11.5 Å². The van der Waals surface area contributed by atoms with Gasteiger partial charge in [-0.25, -0.2) is 0 Å². The highest BCUT2D eigenvalue weighted by Crippen LogP contribution is 2.17. The molecule has 0 aliphatic heterocycles. The topological polar surface area (TPSA) is 58.3 Å². The molecule has 1 aromatic heterocycles. The molecule has 0 aliphatic carbocycles. The van der Waals surface area contributed by atoms with Crippen LogP contribution in [0.3, 0.4) is 0 Å². The van der Waals surface area contributed by atoms with Crippen LogP contribution in [0.15, 0.2) is 0 Å². The Morgan fingerprint density at radius 3 is 2.47 bits per heavy atom. The molecule has 15 heavy (non-hydrogen) atoms. The quantitative estimate of drug-likeness (QED) is 0.785. The van der Waals surface area contributed by atoms with Gasteiger partial charge in [0.2, 0.25) is 11.1 Å². The predicted octanol–water partition coefficient (Wildman–Crippen LogP) is 0.898. The van der Waals surface area contributed by atoms with E-state index in [0.717, 1.165) is 31.2 Å². The Hall–Kier alpha value is -0.880.